The molecule has 51 heavy (non-hydrogen) atoms. The molecule has 2 aromatic rings. The molecule has 4 rings (SSSR count). The average molecular weight is 713 g/mol. The van der Waals surface area contributed by atoms with E-state index in [0.29, 0.717) is 54.8 Å². The molecule has 1 atom stereocenters. The number of thioether (sulfide) groups is 1. The average Bonchev–Trinajstić information content (AvgIpc) is 3.35. The predicted octanol–water partition coefficient (Wildman–Crippen LogP) is 10.6. The fourth-order valence-electron chi connectivity index (χ4n) is 6.94. The lowest BCUT2D eigenvalue weighted by molar-refractivity contribution is 0.0682. The van der Waals surface area contributed by atoms with Crippen molar-refractivity contribution in [1.82, 2.24) is 0 Å². The Kier molecular flexibility index (Phi) is 15.0. The van der Waals surface area contributed by atoms with Gasteiger partial charge in [0, 0.05) is 5.56 Å². The summed E-state index contributed by atoms with van der Waals surface area (Å²) in [7, 11) is 4.85. The summed E-state index contributed by atoms with van der Waals surface area (Å²) in [6, 6.07) is 7.60. The number of allylic oxidation sites excluding steroid dienone is 9. The first-order valence-corrected chi connectivity index (χ1v) is 19.1. The van der Waals surface area contributed by atoms with E-state index in [4.69, 9.17) is 23.7 Å². The summed E-state index contributed by atoms with van der Waals surface area (Å²) in [6.45, 7) is 12.6. The highest BCUT2D eigenvalue weighted by Gasteiger charge is 2.29. The van der Waals surface area contributed by atoms with Crippen LogP contribution in [0.5, 0.6) is 17.2 Å². The van der Waals surface area contributed by atoms with Crippen LogP contribution in [0.3, 0.4) is 0 Å². The molecule has 274 valence electrons. The second kappa shape index (κ2) is 19.2. The highest BCUT2D eigenvalue weighted by molar-refractivity contribution is 7.98. The molecule has 0 saturated heterocycles. The first-order chi connectivity index (χ1) is 24.5. The number of fused-ring (bicyclic) bond motifs is 3. The minimum Gasteiger partial charge on any atom is -0.493 e. The van der Waals surface area contributed by atoms with Crippen LogP contribution in [-0.4, -0.2) is 47.4 Å². The number of aryl methyl sites for hydroxylation is 1. The fraction of sp³-hybridized carbons (Fsp3) is 0.432. The molecule has 0 N–H and O–H groups in total. The van der Waals surface area contributed by atoms with Crippen molar-refractivity contribution < 1.29 is 23.7 Å². The third-order valence-corrected chi connectivity index (χ3v) is 10.5. The lowest BCUT2D eigenvalue weighted by atomic mass is 9.72. The van der Waals surface area contributed by atoms with Crippen molar-refractivity contribution in [2.45, 2.75) is 77.7 Å². The molecule has 0 saturated carbocycles. The normalized spacial score (nSPS) is 17.9. The molecule has 0 unspecified atom stereocenters. The third kappa shape index (κ3) is 10.4. The highest BCUT2D eigenvalue weighted by atomic mass is 32.2. The van der Waals surface area contributed by atoms with Crippen LogP contribution in [0.2, 0.25) is 0 Å². The highest BCUT2D eigenvalue weighted by Crippen LogP contribution is 2.50. The number of rotatable bonds is 15. The van der Waals surface area contributed by atoms with Crippen molar-refractivity contribution in [2.24, 2.45) is 5.41 Å². The predicted molar refractivity (Wildman–Crippen MR) is 213 cm³/mol. The molecular formula is C44H56O6S. The van der Waals surface area contributed by atoms with E-state index < -0.39 is 0 Å². The van der Waals surface area contributed by atoms with E-state index in [-0.39, 0.29) is 16.9 Å². The van der Waals surface area contributed by atoms with Gasteiger partial charge in [-0.25, -0.2) is 0 Å². The molecule has 6 nitrogen and oxygen atoms in total. The molecule has 0 spiro atoms. The Morgan fingerprint density at radius 1 is 0.941 bits per heavy atom. The zero-order valence-corrected chi connectivity index (χ0v) is 32.8. The van der Waals surface area contributed by atoms with Gasteiger partial charge in [-0.2, -0.15) is 0 Å². The molecule has 0 heterocycles. The van der Waals surface area contributed by atoms with E-state index in [1.807, 2.05) is 36.6 Å². The summed E-state index contributed by atoms with van der Waals surface area (Å²) < 4.78 is 29.5. The lowest BCUT2D eigenvalue weighted by Crippen LogP contribution is -2.19. The van der Waals surface area contributed by atoms with Crippen LogP contribution in [0.1, 0.15) is 77.5 Å². The second-order valence-electron chi connectivity index (χ2n) is 13.8. The maximum atomic E-state index is 13.2. The summed E-state index contributed by atoms with van der Waals surface area (Å²) >= 11 is 1.43. The largest absolute Gasteiger partial charge is 0.493 e. The van der Waals surface area contributed by atoms with Crippen LogP contribution in [0.4, 0.5) is 0 Å². The zero-order chi connectivity index (χ0) is 37.0. The second-order valence-corrected chi connectivity index (χ2v) is 14.7. The molecule has 0 radical (unpaired) electrons. The van der Waals surface area contributed by atoms with E-state index in [9.17, 15) is 4.79 Å². The van der Waals surface area contributed by atoms with Crippen molar-refractivity contribution in [3.63, 3.8) is 0 Å². The molecule has 2 aliphatic carbocycles. The first kappa shape index (κ1) is 40.0. The summed E-state index contributed by atoms with van der Waals surface area (Å²) in [6.07, 6.45) is 23.7. The van der Waals surface area contributed by atoms with E-state index in [0.717, 1.165) is 27.8 Å². The Hall–Kier alpha value is -3.78. The summed E-state index contributed by atoms with van der Waals surface area (Å²) in [4.78, 5) is 13.9. The SMILES string of the molecule is COc1cc2c(c(OC)c1OC)-c1ccc(SC)c(=O)cc1[C@@H](OC/C=C/COC/C=C(C)/C=C/C=C(C)/C=C/C1=C(C)CCCC1(C)C)CC2. The van der Waals surface area contributed by atoms with E-state index in [1.54, 1.807) is 27.4 Å². The first-order valence-electron chi connectivity index (χ1n) is 17.8. The van der Waals surface area contributed by atoms with Crippen LogP contribution >= 0.6 is 11.8 Å². The van der Waals surface area contributed by atoms with E-state index in [1.165, 1.54) is 47.7 Å². The maximum Gasteiger partial charge on any atom is 0.203 e. The minimum atomic E-state index is -0.291. The zero-order valence-electron chi connectivity index (χ0n) is 32.0. The summed E-state index contributed by atoms with van der Waals surface area (Å²) in [5, 5.41) is 0. The van der Waals surface area contributed by atoms with Gasteiger partial charge in [0.05, 0.1) is 52.1 Å². The van der Waals surface area contributed by atoms with Gasteiger partial charge in [0.2, 0.25) is 5.75 Å². The quantitative estimate of drug-likeness (QED) is 0.0788. The standard InChI is InChI=1S/C44H56O6S/c1-30(17-20-36-32(3)16-13-24-44(36,4)5)14-12-15-31(2)23-27-49-25-10-11-26-50-38-21-18-33-28-39(46-6)42(47-7)43(48-8)41(33)34-19-22-40(51-9)37(45)29-35(34)38/h10-12,14-15,17,19-20,22-23,28-29,38H,13,16,18,21,24-27H2,1-9H3/b11-10+,15-12+,20-17+,30-14+,31-23+/t38-/m0/s1. The number of ether oxygens (including phenoxy) is 5. The van der Waals surface area contributed by atoms with Crippen molar-refractivity contribution >= 4 is 11.8 Å². The van der Waals surface area contributed by atoms with Crippen LogP contribution in [0.15, 0.2) is 105 Å². The smallest absolute Gasteiger partial charge is 0.203 e. The van der Waals surface area contributed by atoms with Crippen molar-refractivity contribution in [3.05, 3.63) is 117 Å². The molecule has 7 heteroatoms. The van der Waals surface area contributed by atoms with Crippen LogP contribution in [0.25, 0.3) is 11.1 Å². The van der Waals surface area contributed by atoms with Gasteiger partial charge in [0.15, 0.2) is 16.9 Å². The Balaban J connectivity index is 1.35. The monoisotopic (exact) mass is 712 g/mol. The Morgan fingerprint density at radius 3 is 2.41 bits per heavy atom. The van der Waals surface area contributed by atoms with Crippen molar-refractivity contribution in [2.75, 3.05) is 47.4 Å². The molecule has 0 bridgehead atoms. The summed E-state index contributed by atoms with van der Waals surface area (Å²) in [5.74, 6) is 1.71. The molecule has 0 amide bonds. The maximum absolute atomic E-state index is 13.2. The van der Waals surface area contributed by atoms with E-state index in [2.05, 4.69) is 71.1 Å². The fourth-order valence-corrected chi connectivity index (χ4v) is 7.40. The Morgan fingerprint density at radius 2 is 1.71 bits per heavy atom. The topological polar surface area (TPSA) is 63.2 Å². The van der Waals surface area contributed by atoms with E-state index >= 15 is 0 Å². The van der Waals surface area contributed by atoms with Crippen molar-refractivity contribution in [1.29, 1.82) is 0 Å². The van der Waals surface area contributed by atoms with Gasteiger partial charge in [-0.15, -0.1) is 11.8 Å². The van der Waals surface area contributed by atoms with Crippen LogP contribution < -0.4 is 19.6 Å². The lowest BCUT2D eigenvalue weighted by Gasteiger charge is -2.32. The number of hydrogen-bond donors (Lipinski definition) is 0. The molecule has 2 aromatic carbocycles. The van der Waals surface area contributed by atoms with Crippen LogP contribution in [0, 0.1) is 5.41 Å². The molecular weight excluding hydrogens is 657 g/mol. The van der Waals surface area contributed by atoms with Gasteiger partial charge in [-0.05, 0) is 105 Å². The number of benzene rings is 1. The van der Waals surface area contributed by atoms with Gasteiger partial charge in [0.25, 0.3) is 0 Å². The minimum absolute atomic E-state index is 0.0305. The van der Waals surface area contributed by atoms with Crippen LogP contribution in [-0.2, 0) is 15.9 Å². The van der Waals surface area contributed by atoms with Gasteiger partial charge < -0.3 is 23.7 Å². The number of methoxy groups -OCH3 is 3. The van der Waals surface area contributed by atoms with Gasteiger partial charge in [-0.3, -0.25) is 4.79 Å². The molecule has 2 aliphatic rings. The van der Waals surface area contributed by atoms with Gasteiger partial charge in [-0.1, -0.05) is 85.2 Å². The number of hydrogen-bond acceptors (Lipinski definition) is 7. The Bertz CT molecular complexity index is 1770. The molecule has 0 aromatic heterocycles. The van der Waals surface area contributed by atoms with Gasteiger partial charge in [0.1, 0.15) is 0 Å². The summed E-state index contributed by atoms with van der Waals surface area (Å²) in [5.41, 5.74) is 9.29. The third-order valence-electron chi connectivity index (χ3n) is 9.74. The molecule has 0 aliphatic heterocycles. The molecule has 0 fully saturated rings. The Labute approximate surface area is 310 Å². The van der Waals surface area contributed by atoms with Gasteiger partial charge >= 0.3 is 0 Å². The van der Waals surface area contributed by atoms with Crippen molar-refractivity contribution in [3.8, 4) is 28.4 Å².